The topological polar surface area (TPSA) is 29.5 Å². The molecule has 2 aliphatic carbocycles. The van der Waals surface area contributed by atoms with Crippen LogP contribution in [0.5, 0.6) is 0 Å². The monoisotopic (exact) mass is 170 g/mol. The minimum Gasteiger partial charge on any atom is -0.389 e. The second kappa shape index (κ2) is 3.00. The molecule has 2 heteroatoms. The highest BCUT2D eigenvalue weighted by Crippen LogP contribution is 2.54. The number of hydrogen-bond donors (Lipinski definition) is 1. The lowest BCUT2D eigenvalue weighted by Crippen LogP contribution is -2.14. The third-order valence-electron chi connectivity index (χ3n) is 3.01. The first-order chi connectivity index (χ1) is 5.76. The van der Waals surface area contributed by atoms with Gasteiger partial charge in [0, 0.05) is 12.5 Å². The molecule has 0 heterocycles. The number of unbranched alkanes of at least 4 members (excludes halogenated alkanes) is 1. The van der Waals surface area contributed by atoms with Gasteiger partial charge in [-0.25, -0.2) is 0 Å². The number of rotatable bonds is 5. The third kappa shape index (κ3) is 1.64. The van der Waals surface area contributed by atoms with Crippen LogP contribution in [-0.2, 0) is 4.74 Å². The number of hydrogen-bond acceptors (Lipinski definition) is 2. The van der Waals surface area contributed by atoms with E-state index in [1.165, 1.54) is 6.42 Å². The van der Waals surface area contributed by atoms with Crippen LogP contribution in [0.2, 0.25) is 0 Å². The fourth-order valence-corrected chi connectivity index (χ4v) is 1.80. The Hall–Kier alpha value is -0.0800. The minimum atomic E-state index is -0.295. The smallest absolute Gasteiger partial charge is 0.0703 e. The molecule has 0 aliphatic heterocycles. The van der Waals surface area contributed by atoms with Crippen molar-refractivity contribution < 1.29 is 9.84 Å². The number of ether oxygens (including phenoxy) is 1. The molecule has 0 radical (unpaired) electrons. The van der Waals surface area contributed by atoms with E-state index in [0.29, 0.717) is 12.0 Å². The summed E-state index contributed by atoms with van der Waals surface area (Å²) in [6, 6.07) is 0. The Morgan fingerprint density at radius 3 is 2.83 bits per heavy atom. The summed E-state index contributed by atoms with van der Waals surface area (Å²) in [5, 5.41) is 9.72. The van der Waals surface area contributed by atoms with Gasteiger partial charge in [-0.1, -0.05) is 13.3 Å². The second-order valence-electron chi connectivity index (χ2n) is 4.21. The fraction of sp³-hybridized carbons (Fsp3) is 1.00. The molecule has 2 atom stereocenters. The standard InChI is InChI=1S/C10H18O2/c1-2-3-6-12-9-7-8(9)10(11)4-5-10/h8-9,11H,2-7H2,1H3/t8-,9-/m1/s1. The predicted octanol–water partition coefficient (Wildman–Crippen LogP) is 1.72. The van der Waals surface area contributed by atoms with Gasteiger partial charge in [-0.3, -0.25) is 0 Å². The Balaban J connectivity index is 1.61. The van der Waals surface area contributed by atoms with Gasteiger partial charge in [-0.15, -0.1) is 0 Å². The molecule has 2 aliphatic rings. The quantitative estimate of drug-likeness (QED) is 0.636. The van der Waals surface area contributed by atoms with Crippen molar-refractivity contribution in [2.45, 2.75) is 50.7 Å². The van der Waals surface area contributed by atoms with E-state index >= 15 is 0 Å². The van der Waals surface area contributed by atoms with Crippen LogP contribution in [0.15, 0.2) is 0 Å². The third-order valence-corrected chi connectivity index (χ3v) is 3.01. The molecule has 0 unspecified atom stereocenters. The maximum atomic E-state index is 9.72. The molecule has 12 heavy (non-hydrogen) atoms. The van der Waals surface area contributed by atoms with Crippen molar-refractivity contribution in [1.29, 1.82) is 0 Å². The SMILES string of the molecule is CCCCO[C@@H]1C[C@H]1C1(O)CC1. The van der Waals surface area contributed by atoms with Crippen molar-refractivity contribution in [3.05, 3.63) is 0 Å². The lowest BCUT2D eigenvalue weighted by atomic mass is 10.2. The van der Waals surface area contributed by atoms with Gasteiger partial charge >= 0.3 is 0 Å². The van der Waals surface area contributed by atoms with E-state index < -0.39 is 0 Å². The van der Waals surface area contributed by atoms with E-state index in [1.54, 1.807) is 0 Å². The maximum absolute atomic E-state index is 9.72. The zero-order valence-corrected chi connectivity index (χ0v) is 7.75. The van der Waals surface area contributed by atoms with Crippen LogP contribution in [0.4, 0.5) is 0 Å². The predicted molar refractivity (Wildman–Crippen MR) is 46.9 cm³/mol. The summed E-state index contributed by atoms with van der Waals surface area (Å²) in [7, 11) is 0. The van der Waals surface area contributed by atoms with Crippen LogP contribution in [0.3, 0.4) is 0 Å². The van der Waals surface area contributed by atoms with Crippen molar-refractivity contribution in [3.63, 3.8) is 0 Å². The maximum Gasteiger partial charge on any atom is 0.0703 e. The van der Waals surface area contributed by atoms with E-state index in [2.05, 4.69) is 6.92 Å². The average molecular weight is 170 g/mol. The zero-order valence-electron chi connectivity index (χ0n) is 7.75. The molecule has 1 N–H and O–H groups in total. The van der Waals surface area contributed by atoms with Gasteiger partial charge in [0.15, 0.2) is 0 Å². The van der Waals surface area contributed by atoms with Crippen LogP contribution in [0, 0.1) is 5.92 Å². The molecule has 0 aromatic heterocycles. The van der Waals surface area contributed by atoms with Crippen molar-refractivity contribution in [2.75, 3.05) is 6.61 Å². The Morgan fingerprint density at radius 1 is 1.50 bits per heavy atom. The molecule has 0 aromatic carbocycles. The Kier molecular flexibility index (Phi) is 2.13. The van der Waals surface area contributed by atoms with Gasteiger partial charge in [0.1, 0.15) is 0 Å². The lowest BCUT2D eigenvalue weighted by Gasteiger charge is -2.06. The lowest BCUT2D eigenvalue weighted by molar-refractivity contribution is 0.0596. The molecule has 2 rings (SSSR count). The molecule has 0 spiro atoms. The van der Waals surface area contributed by atoms with Crippen LogP contribution in [-0.4, -0.2) is 23.4 Å². The van der Waals surface area contributed by atoms with E-state index in [4.69, 9.17) is 4.74 Å². The largest absolute Gasteiger partial charge is 0.389 e. The van der Waals surface area contributed by atoms with Gasteiger partial charge in [-0.2, -0.15) is 0 Å². The molecule has 0 bridgehead atoms. The summed E-state index contributed by atoms with van der Waals surface area (Å²) < 4.78 is 5.61. The van der Waals surface area contributed by atoms with E-state index in [9.17, 15) is 5.11 Å². The Labute approximate surface area is 73.9 Å². The summed E-state index contributed by atoms with van der Waals surface area (Å²) in [5.41, 5.74) is -0.295. The highest BCUT2D eigenvalue weighted by molar-refractivity contribution is 5.10. The molecule has 2 fully saturated rings. The van der Waals surface area contributed by atoms with Gasteiger partial charge in [0.2, 0.25) is 0 Å². The van der Waals surface area contributed by atoms with Crippen LogP contribution in [0.1, 0.15) is 39.0 Å². The summed E-state index contributed by atoms with van der Waals surface area (Å²) in [5.74, 6) is 0.481. The average Bonchev–Trinajstić information content (AvgIpc) is 2.88. The fourth-order valence-electron chi connectivity index (χ4n) is 1.80. The highest BCUT2D eigenvalue weighted by atomic mass is 16.5. The first-order valence-corrected chi connectivity index (χ1v) is 5.10. The summed E-state index contributed by atoms with van der Waals surface area (Å²) in [6.07, 6.45) is 5.85. The van der Waals surface area contributed by atoms with Crippen molar-refractivity contribution in [1.82, 2.24) is 0 Å². The zero-order chi connectivity index (χ0) is 8.60. The van der Waals surface area contributed by atoms with Gasteiger partial charge in [-0.05, 0) is 25.7 Å². The van der Waals surface area contributed by atoms with Gasteiger partial charge < -0.3 is 9.84 Å². The van der Waals surface area contributed by atoms with Gasteiger partial charge in [0.25, 0.3) is 0 Å². The van der Waals surface area contributed by atoms with E-state index in [1.807, 2.05) is 0 Å². The van der Waals surface area contributed by atoms with Crippen molar-refractivity contribution in [3.8, 4) is 0 Å². The summed E-state index contributed by atoms with van der Waals surface area (Å²) >= 11 is 0. The molecular weight excluding hydrogens is 152 g/mol. The first-order valence-electron chi connectivity index (χ1n) is 5.10. The minimum absolute atomic E-state index is 0.295. The molecular formula is C10H18O2. The van der Waals surface area contributed by atoms with Crippen LogP contribution in [0.25, 0.3) is 0 Å². The molecule has 0 aromatic rings. The summed E-state index contributed by atoms with van der Waals surface area (Å²) in [6.45, 7) is 3.05. The first kappa shape index (κ1) is 8.52. The number of aliphatic hydroxyl groups is 1. The Bertz CT molecular complexity index is 163. The van der Waals surface area contributed by atoms with Gasteiger partial charge in [0.05, 0.1) is 11.7 Å². The van der Waals surface area contributed by atoms with Crippen LogP contribution < -0.4 is 0 Å². The molecule has 2 nitrogen and oxygen atoms in total. The van der Waals surface area contributed by atoms with Crippen molar-refractivity contribution >= 4 is 0 Å². The van der Waals surface area contributed by atoms with E-state index in [0.717, 1.165) is 32.3 Å². The molecule has 2 saturated carbocycles. The molecule has 0 saturated heterocycles. The molecule has 0 amide bonds. The Morgan fingerprint density at radius 2 is 2.25 bits per heavy atom. The summed E-state index contributed by atoms with van der Waals surface area (Å²) in [4.78, 5) is 0. The highest BCUT2D eigenvalue weighted by Gasteiger charge is 2.59. The molecule has 70 valence electrons. The van der Waals surface area contributed by atoms with E-state index in [-0.39, 0.29) is 5.60 Å². The normalized spacial score (nSPS) is 36.5. The second-order valence-corrected chi connectivity index (χ2v) is 4.21. The van der Waals surface area contributed by atoms with Crippen molar-refractivity contribution in [2.24, 2.45) is 5.92 Å². The van der Waals surface area contributed by atoms with Crippen LogP contribution >= 0.6 is 0 Å².